The number of allylic oxidation sites excluding steroid dienone is 8. The van der Waals surface area contributed by atoms with Gasteiger partial charge in [0.2, 0.25) is 0 Å². The van der Waals surface area contributed by atoms with Gasteiger partial charge in [0.1, 0.15) is 0 Å². The first-order chi connectivity index (χ1) is 7.47. The van der Waals surface area contributed by atoms with Crippen LogP contribution in [0, 0.1) is 5.92 Å². The maximum Gasteiger partial charge on any atom is 0.0169 e. The van der Waals surface area contributed by atoms with Gasteiger partial charge in [-0.1, -0.05) is 48.1 Å². The molecule has 1 aromatic carbocycles. The first-order valence-electron chi connectivity index (χ1n) is 5.34. The zero-order valence-corrected chi connectivity index (χ0v) is 10.1. The van der Waals surface area contributed by atoms with Crippen LogP contribution in [0.3, 0.4) is 0 Å². The molecule has 0 atom stereocenters. The fraction of sp³-hybridized carbons (Fsp3) is 0.133. The Bertz CT molecular complexity index is 362. The monoisotopic (exact) mass is 254 g/mol. The van der Waals surface area contributed by atoms with Crippen LogP contribution < -0.4 is 0 Å². The summed E-state index contributed by atoms with van der Waals surface area (Å²) in [6.07, 6.45) is 16.4. The summed E-state index contributed by atoms with van der Waals surface area (Å²) in [5, 5.41) is 0. The van der Waals surface area contributed by atoms with E-state index in [1.165, 1.54) is 5.57 Å². The minimum absolute atomic E-state index is 0. The molecule has 0 spiro atoms. The molecule has 0 nitrogen and oxygen atoms in total. The van der Waals surface area contributed by atoms with Crippen molar-refractivity contribution in [3.63, 3.8) is 0 Å². The molecule has 3 rings (SSSR count). The molecule has 0 N–H and O–H groups in total. The molecule has 1 aromatic rings. The van der Waals surface area contributed by atoms with Gasteiger partial charge >= 0.3 is 0 Å². The van der Waals surface area contributed by atoms with Crippen LogP contribution in [0.2, 0.25) is 0 Å². The first-order valence-corrected chi connectivity index (χ1v) is 5.34. The predicted molar refractivity (Wildman–Crippen MR) is 65.6 cm³/mol. The Hall–Kier alpha value is -1.18. The van der Waals surface area contributed by atoms with Gasteiger partial charge in [0, 0.05) is 22.7 Å². The average Bonchev–Trinajstić information content (AvgIpc) is 3.06. The molecule has 0 bridgehead atoms. The van der Waals surface area contributed by atoms with E-state index in [2.05, 4.69) is 42.5 Å². The van der Waals surface area contributed by atoms with Crippen molar-refractivity contribution < 1.29 is 16.8 Å². The summed E-state index contributed by atoms with van der Waals surface area (Å²) in [6, 6.07) is 10.0. The van der Waals surface area contributed by atoms with Crippen molar-refractivity contribution in [1.29, 1.82) is 0 Å². The Labute approximate surface area is 108 Å². The molecule has 0 saturated carbocycles. The van der Waals surface area contributed by atoms with Gasteiger partial charge in [-0.25, -0.2) is 12.1 Å². The Morgan fingerprint density at radius 1 is 1.00 bits per heavy atom. The van der Waals surface area contributed by atoms with E-state index in [1.807, 2.05) is 30.3 Å². The Balaban J connectivity index is 0.000000183. The Kier molecular flexibility index (Phi) is 5.76. The van der Waals surface area contributed by atoms with E-state index in [0.717, 1.165) is 6.42 Å². The van der Waals surface area contributed by atoms with Crippen LogP contribution in [0.25, 0.3) is 0 Å². The molecule has 0 saturated heterocycles. The second-order valence-corrected chi connectivity index (χ2v) is 3.63. The third-order valence-corrected chi connectivity index (χ3v) is 2.53. The van der Waals surface area contributed by atoms with Crippen LogP contribution in [0.1, 0.15) is 6.42 Å². The molecule has 1 radical (unpaired) electrons. The molecular formula is C15H15Co-. The van der Waals surface area contributed by atoms with Crippen LogP contribution >= 0.6 is 0 Å². The molecule has 16 heavy (non-hydrogen) atoms. The van der Waals surface area contributed by atoms with Crippen LogP contribution in [0.5, 0.6) is 0 Å². The third-order valence-electron chi connectivity index (χ3n) is 2.53. The van der Waals surface area contributed by atoms with Crippen molar-refractivity contribution >= 4 is 0 Å². The summed E-state index contributed by atoms with van der Waals surface area (Å²) in [7, 11) is 0. The topological polar surface area (TPSA) is 0 Å². The summed E-state index contributed by atoms with van der Waals surface area (Å²) in [4.78, 5) is 0. The van der Waals surface area contributed by atoms with Crippen molar-refractivity contribution in [2.24, 2.45) is 5.92 Å². The van der Waals surface area contributed by atoms with E-state index in [0.29, 0.717) is 5.92 Å². The average molecular weight is 254 g/mol. The standard InChI is InChI=1S/C10H10.C5H5.Co/c1-2-6-9(5-1)10-7-3-4-8-10;1-2-4-5-3-1;/h1-7,9H,8H2;1-5H;/q;-1;. The van der Waals surface area contributed by atoms with Gasteiger partial charge < -0.3 is 0 Å². The minimum atomic E-state index is 0. The van der Waals surface area contributed by atoms with E-state index < -0.39 is 0 Å². The van der Waals surface area contributed by atoms with Crippen molar-refractivity contribution in [3.8, 4) is 0 Å². The van der Waals surface area contributed by atoms with Gasteiger partial charge in [-0.3, -0.25) is 0 Å². The quantitative estimate of drug-likeness (QED) is 0.664. The zero-order chi connectivity index (χ0) is 10.3. The normalized spacial score (nSPS) is 16.6. The number of hydrogen-bond donors (Lipinski definition) is 0. The summed E-state index contributed by atoms with van der Waals surface area (Å²) >= 11 is 0. The van der Waals surface area contributed by atoms with Crippen LogP contribution in [-0.4, -0.2) is 0 Å². The first kappa shape index (κ1) is 12.9. The second kappa shape index (κ2) is 7.15. The predicted octanol–water partition coefficient (Wildman–Crippen LogP) is 4.02. The molecule has 0 unspecified atom stereocenters. The number of hydrogen-bond acceptors (Lipinski definition) is 0. The molecule has 0 amide bonds. The van der Waals surface area contributed by atoms with Gasteiger partial charge in [-0.15, -0.1) is 0 Å². The largest absolute Gasteiger partial charge is 0.214 e. The Morgan fingerprint density at radius 3 is 2.12 bits per heavy atom. The van der Waals surface area contributed by atoms with E-state index in [-0.39, 0.29) is 16.8 Å². The molecule has 1 heteroatoms. The van der Waals surface area contributed by atoms with Crippen molar-refractivity contribution in [2.75, 3.05) is 0 Å². The van der Waals surface area contributed by atoms with Crippen LogP contribution in [0.15, 0.2) is 78.4 Å². The molecule has 0 heterocycles. The molecular weight excluding hydrogens is 239 g/mol. The fourth-order valence-electron chi connectivity index (χ4n) is 1.71. The molecule has 85 valence electrons. The fourth-order valence-corrected chi connectivity index (χ4v) is 1.71. The maximum absolute atomic E-state index is 2.23. The maximum atomic E-state index is 2.23. The Morgan fingerprint density at radius 2 is 1.69 bits per heavy atom. The van der Waals surface area contributed by atoms with Crippen molar-refractivity contribution in [2.45, 2.75) is 6.42 Å². The molecule has 0 fully saturated rings. The summed E-state index contributed by atoms with van der Waals surface area (Å²) in [5.41, 5.74) is 1.52. The third kappa shape index (κ3) is 3.76. The van der Waals surface area contributed by atoms with E-state index in [1.54, 1.807) is 0 Å². The summed E-state index contributed by atoms with van der Waals surface area (Å²) in [6.45, 7) is 0. The van der Waals surface area contributed by atoms with Crippen LogP contribution in [0.4, 0.5) is 0 Å². The molecule has 0 aliphatic heterocycles. The zero-order valence-electron chi connectivity index (χ0n) is 9.05. The van der Waals surface area contributed by atoms with Crippen LogP contribution in [-0.2, 0) is 16.8 Å². The molecule has 0 aromatic heterocycles. The second-order valence-electron chi connectivity index (χ2n) is 3.63. The van der Waals surface area contributed by atoms with Gasteiger partial charge in [-0.05, 0) is 6.42 Å². The summed E-state index contributed by atoms with van der Waals surface area (Å²) < 4.78 is 0. The molecule has 2 aliphatic carbocycles. The van der Waals surface area contributed by atoms with Crippen molar-refractivity contribution in [1.82, 2.24) is 0 Å². The van der Waals surface area contributed by atoms with Gasteiger partial charge in [0.25, 0.3) is 0 Å². The van der Waals surface area contributed by atoms with Gasteiger partial charge in [0.05, 0.1) is 0 Å². The van der Waals surface area contributed by atoms with E-state index in [4.69, 9.17) is 0 Å². The summed E-state index contributed by atoms with van der Waals surface area (Å²) in [5.74, 6) is 0.593. The molecule has 2 aliphatic rings. The van der Waals surface area contributed by atoms with Gasteiger partial charge in [-0.2, -0.15) is 18.2 Å². The van der Waals surface area contributed by atoms with E-state index in [9.17, 15) is 0 Å². The number of rotatable bonds is 1. The van der Waals surface area contributed by atoms with Crippen molar-refractivity contribution in [3.05, 3.63) is 78.4 Å². The SMILES string of the molecule is C1=CCC(C2C=CC=C2)=C1.[Co].c1cc[cH-]c1. The van der Waals surface area contributed by atoms with Gasteiger partial charge in [0.15, 0.2) is 0 Å². The van der Waals surface area contributed by atoms with E-state index >= 15 is 0 Å². The smallest absolute Gasteiger partial charge is 0.0169 e. The minimum Gasteiger partial charge on any atom is -0.214 e.